The van der Waals surface area contributed by atoms with Gasteiger partial charge >= 0.3 is 0 Å². The monoisotopic (exact) mass is 259 g/mol. The lowest BCUT2D eigenvalue weighted by atomic mass is 9.90. The second-order valence-electron chi connectivity index (χ2n) is 5.65. The number of likely N-dealkylation sites (N-methyl/N-ethyl adjacent to an activating group) is 1. The number of ketones is 2. The van der Waals surface area contributed by atoms with Gasteiger partial charge in [-0.1, -0.05) is 0 Å². The van der Waals surface area contributed by atoms with Crippen LogP contribution in [0, 0.1) is 0 Å². The van der Waals surface area contributed by atoms with E-state index in [2.05, 4.69) is 0 Å². The first-order valence-corrected chi connectivity index (χ1v) is 5.72. The third-order valence-corrected chi connectivity index (χ3v) is 2.40. The van der Waals surface area contributed by atoms with Crippen molar-refractivity contribution in [1.82, 2.24) is 0 Å². The molecule has 0 bridgehead atoms. The van der Waals surface area contributed by atoms with E-state index >= 15 is 0 Å². The number of rotatable bonds is 8. The van der Waals surface area contributed by atoms with E-state index in [9.17, 15) is 24.6 Å². The Labute approximate surface area is 107 Å². The summed E-state index contributed by atoms with van der Waals surface area (Å²) in [6.45, 7) is 1.29. The van der Waals surface area contributed by atoms with Crippen molar-refractivity contribution in [2.75, 3.05) is 27.7 Å². The van der Waals surface area contributed by atoms with Gasteiger partial charge in [0.1, 0.15) is 12.3 Å². The highest BCUT2D eigenvalue weighted by Gasteiger charge is 2.40. The van der Waals surface area contributed by atoms with Crippen LogP contribution >= 0.6 is 0 Å². The number of carboxylic acids is 1. The van der Waals surface area contributed by atoms with Crippen LogP contribution in [0.3, 0.4) is 0 Å². The van der Waals surface area contributed by atoms with Gasteiger partial charge in [0.25, 0.3) is 0 Å². The van der Waals surface area contributed by atoms with E-state index in [-0.39, 0.29) is 29.7 Å². The van der Waals surface area contributed by atoms with Crippen molar-refractivity contribution in [2.24, 2.45) is 0 Å². The summed E-state index contributed by atoms with van der Waals surface area (Å²) in [5.74, 6) is -2.29. The maximum atomic E-state index is 11.9. The molecule has 0 spiro atoms. The number of quaternary nitrogens is 1. The molecule has 0 saturated heterocycles. The fraction of sp³-hybridized carbons (Fsp3) is 0.750. The van der Waals surface area contributed by atoms with E-state index in [1.54, 1.807) is 21.1 Å². The number of aliphatic hydroxyl groups is 1. The average molecular weight is 259 g/mol. The number of carboxylic acid groups (broad SMARTS) is 1. The Morgan fingerprint density at radius 1 is 1.17 bits per heavy atom. The molecule has 6 heteroatoms. The maximum Gasteiger partial charge on any atom is 0.177 e. The molecule has 1 unspecified atom stereocenters. The van der Waals surface area contributed by atoms with Gasteiger partial charge in [0.05, 0.1) is 21.1 Å². The van der Waals surface area contributed by atoms with E-state index in [1.807, 2.05) is 0 Å². The first kappa shape index (κ1) is 16.7. The van der Waals surface area contributed by atoms with Crippen molar-refractivity contribution < 1.29 is 29.1 Å². The summed E-state index contributed by atoms with van der Waals surface area (Å²) in [7, 11) is 5.20. The molecule has 0 aliphatic rings. The lowest BCUT2D eigenvalue weighted by Gasteiger charge is -2.34. The van der Waals surface area contributed by atoms with Crippen LogP contribution in [0.15, 0.2) is 0 Å². The molecule has 6 nitrogen and oxygen atoms in total. The van der Waals surface area contributed by atoms with Crippen LogP contribution in [0.1, 0.15) is 26.2 Å². The van der Waals surface area contributed by atoms with E-state index < -0.39 is 23.8 Å². The Morgan fingerprint density at radius 2 is 1.67 bits per heavy atom. The van der Waals surface area contributed by atoms with Crippen LogP contribution in [0.2, 0.25) is 0 Å². The number of hydrogen-bond acceptors (Lipinski definition) is 5. The van der Waals surface area contributed by atoms with Gasteiger partial charge in [-0.2, -0.15) is 0 Å². The van der Waals surface area contributed by atoms with Gasteiger partial charge in [0.2, 0.25) is 0 Å². The van der Waals surface area contributed by atoms with Gasteiger partial charge < -0.3 is 24.3 Å². The van der Waals surface area contributed by atoms with Crippen LogP contribution in [-0.2, 0) is 14.4 Å². The van der Waals surface area contributed by atoms with Crippen molar-refractivity contribution in [1.29, 1.82) is 0 Å². The van der Waals surface area contributed by atoms with Crippen molar-refractivity contribution in [3.05, 3.63) is 0 Å². The highest BCUT2D eigenvalue weighted by molar-refractivity contribution is 5.93. The standard InChI is InChI=1S/C12H21NO5/c1-9(14)5-6-10(15)12(18,7-11(16)17)8-13(2,3)4/h18H,5-8H2,1-4H3. The summed E-state index contributed by atoms with van der Waals surface area (Å²) in [6.07, 6.45) is -0.899. The van der Waals surface area contributed by atoms with Crippen molar-refractivity contribution in [3.63, 3.8) is 0 Å². The second kappa shape index (κ2) is 6.06. The molecule has 0 aromatic carbocycles. The molecule has 104 valence electrons. The van der Waals surface area contributed by atoms with Gasteiger partial charge in [-0.15, -0.1) is 0 Å². The zero-order valence-electron chi connectivity index (χ0n) is 11.4. The molecule has 1 atom stereocenters. The van der Waals surface area contributed by atoms with Crippen LogP contribution in [0.4, 0.5) is 0 Å². The number of carbonyl (C=O) groups excluding carboxylic acids is 3. The molecule has 0 fully saturated rings. The molecule has 0 heterocycles. The van der Waals surface area contributed by atoms with Crippen molar-refractivity contribution in [3.8, 4) is 0 Å². The molecule has 0 amide bonds. The molecular formula is C12H21NO5. The van der Waals surface area contributed by atoms with Gasteiger partial charge in [-0.25, -0.2) is 0 Å². The Morgan fingerprint density at radius 3 is 2.00 bits per heavy atom. The van der Waals surface area contributed by atoms with Crippen LogP contribution < -0.4 is 5.11 Å². The van der Waals surface area contributed by atoms with E-state index in [4.69, 9.17) is 0 Å². The third-order valence-electron chi connectivity index (χ3n) is 2.40. The minimum atomic E-state index is -1.98. The van der Waals surface area contributed by atoms with Crippen LogP contribution in [0.25, 0.3) is 0 Å². The van der Waals surface area contributed by atoms with Crippen LogP contribution in [-0.4, -0.2) is 60.4 Å². The number of nitrogens with zero attached hydrogens (tertiary/aromatic N) is 1. The summed E-state index contributed by atoms with van der Waals surface area (Å²) in [5, 5.41) is 20.8. The molecule has 1 N–H and O–H groups in total. The Balaban J connectivity index is 4.90. The largest absolute Gasteiger partial charge is 0.550 e. The SMILES string of the molecule is CC(=O)CCC(=O)C(O)(CC(=O)[O-])C[N+](C)(C)C. The molecule has 0 radical (unpaired) electrons. The van der Waals surface area contributed by atoms with Gasteiger partial charge in [-0.05, 0) is 6.92 Å². The highest BCUT2D eigenvalue weighted by Crippen LogP contribution is 2.18. The minimum absolute atomic E-state index is 0.00529. The fourth-order valence-electron chi connectivity index (χ4n) is 1.79. The third kappa shape index (κ3) is 6.46. The van der Waals surface area contributed by atoms with Crippen molar-refractivity contribution >= 4 is 17.5 Å². The van der Waals surface area contributed by atoms with Gasteiger partial charge in [0.15, 0.2) is 11.4 Å². The summed E-state index contributed by atoms with van der Waals surface area (Å²) >= 11 is 0. The molecular weight excluding hydrogens is 238 g/mol. The summed E-state index contributed by atoms with van der Waals surface area (Å²) in [6, 6.07) is 0. The predicted molar refractivity (Wildman–Crippen MR) is 62.4 cm³/mol. The topological polar surface area (TPSA) is 94.5 Å². The average Bonchev–Trinajstić information content (AvgIpc) is 2.09. The lowest BCUT2D eigenvalue weighted by Crippen LogP contribution is -2.56. The quantitative estimate of drug-likeness (QED) is 0.535. The van der Waals surface area contributed by atoms with E-state index in [0.717, 1.165) is 0 Å². The maximum absolute atomic E-state index is 11.9. The lowest BCUT2D eigenvalue weighted by molar-refractivity contribution is -0.875. The zero-order chi connectivity index (χ0) is 14.6. The zero-order valence-corrected chi connectivity index (χ0v) is 11.4. The Hall–Kier alpha value is -1.27. The smallest absolute Gasteiger partial charge is 0.177 e. The normalized spacial score (nSPS) is 14.9. The van der Waals surface area contributed by atoms with Gasteiger partial charge in [-0.3, -0.25) is 4.79 Å². The number of Topliss-reactive ketones (excluding diaryl/α,β-unsaturated/α-hetero) is 2. The molecule has 0 aliphatic carbocycles. The highest BCUT2D eigenvalue weighted by atomic mass is 16.4. The molecule has 0 saturated carbocycles. The minimum Gasteiger partial charge on any atom is -0.550 e. The summed E-state index contributed by atoms with van der Waals surface area (Å²) in [5.41, 5.74) is -1.98. The number of aliphatic carboxylic acids is 1. The first-order valence-electron chi connectivity index (χ1n) is 5.72. The predicted octanol–water partition coefficient (Wildman–Crippen LogP) is -1.50. The Kier molecular flexibility index (Phi) is 5.63. The second-order valence-corrected chi connectivity index (χ2v) is 5.65. The van der Waals surface area contributed by atoms with E-state index in [0.29, 0.717) is 0 Å². The molecule has 0 aromatic heterocycles. The van der Waals surface area contributed by atoms with Gasteiger partial charge in [0, 0.05) is 25.2 Å². The molecule has 0 aromatic rings. The molecule has 18 heavy (non-hydrogen) atoms. The molecule has 0 aliphatic heterocycles. The van der Waals surface area contributed by atoms with Crippen LogP contribution in [0.5, 0.6) is 0 Å². The molecule has 0 rings (SSSR count). The van der Waals surface area contributed by atoms with Crippen molar-refractivity contribution in [2.45, 2.75) is 31.8 Å². The number of carbonyl (C=O) groups is 3. The summed E-state index contributed by atoms with van der Waals surface area (Å²) in [4.78, 5) is 33.3. The van der Waals surface area contributed by atoms with E-state index in [1.165, 1.54) is 6.92 Å². The fourth-order valence-corrected chi connectivity index (χ4v) is 1.79. The Bertz CT molecular complexity index is 345. The number of hydrogen-bond donors (Lipinski definition) is 1. The summed E-state index contributed by atoms with van der Waals surface area (Å²) < 4.78 is 0.232. The first-order chi connectivity index (χ1) is 7.96.